The van der Waals surface area contributed by atoms with Crippen LogP contribution in [0.25, 0.3) is 11.0 Å². The van der Waals surface area contributed by atoms with Crippen molar-refractivity contribution in [1.82, 2.24) is 0 Å². The fraction of sp³-hybridized carbons (Fsp3) is 0. The number of hydrogen-bond donors (Lipinski definition) is 0. The van der Waals surface area contributed by atoms with Crippen molar-refractivity contribution in [3.05, 3.63) is 43.6 Å². The number of halogens is 2. The molecule has 0 aliphatic rings. The summed E-state index contributed by atoms with van der Waals surface area (Å²) < 4.78 is 6.49. The Bertz CT molecular complexity index is 516. The van der Waals surface area contributed by atoms with Crippen LogP contribution in [0.4, 0.5) is 0 Å². The predicted molar refractivity (Wildman–Crippen MR) is 57.9 cm³/mol. The summed E-state index contributed by atoms with van der Waals surface area (Å²) in [5, 5.41) is 0.573. The van der Waals surface area contributed by atoms with Gasteiger partial charge >= 0.3 is 0 Å². The SMILES string of the molecule is O=c1c(Br)coc2c(Br)cccc12. The van der Waals surface area contributed by atoms with Gasteiger partial charge in [-0.1, -0.05) is 6.07 Å². The Morgan fingerprint density at radius 3 is 2.69 bits per heavy atom. The fourth-order valence-corrected chi connectivity index (χ4v) is 1.87. The molecule has 2 rings (SSSR count). The third kappa shape index (κ3) is 1.44. The maximum absolute atomic E-state index is 11.6. The lowest BCUT2D eigenvalue weighted by Gasteiger charge is -1.98. The van der Waals surface area contributed by atoms with Gasteiger partial charge in [0.25, 0.3) is 0 Å². The van der Waals surface area contributed by atoms with Crippen molar-refractivity contribution >= 4 is 42.8 Å². The van der Waals surface area contributed by atoms with E-state index in [2.05, 4.69) is 31.9 Å². The monoisotopic (exact) mass is 302 g/mol. The van der Waals surface area contributed by atoms with Gasteiger partial charge in [-0.3, -0.25) is 4.79 Å². The van der Waals surface area contributed by atoms with Crippen LogP contribution >= 0.6 is 31.9 Å². The minimum Gasteiger partial charge on any atom is -0.462 e. The van der Waals surface area contributed by atoms with E-state index in [0.29, 0.717) is 15.4 Å². The van der Waals surface area contributed by atoms with Gasteiger partial charge in [0.2, 0.25) is 5.43 Å². The minimum atomic E-state index is -0.0532. The maximum Gasteiger partial charge on any atom is 0.206 e. The Balaban J connectivity index is 3.03. The highest BCUT2D eigenvalue weighted by atomic mass is 79.9. The molecule has 66 valence electrons. The Kier molecular flexibility index (Phi) is 2.26. The van der Waals surface area contributed by atoms with Crippen molar-refractivity contribution in [1.29, 1.82) is 0 Å². The molecule has 0 saturated carbocycles. The van der Waals surface area contributed by atoms with Gasteiger partial charge in [-0.15, -0.1) is 0 Å². The summed E-state index contributed by atoms with van der Waals surface area (Å²) >= 11 is 6.43. The van der Waals surface area contributed by atoms with Crippen LogP contribution in [0, 0.1) is 0 Å². The number of fused-ring (bicyclic) bond motifs is 1. The number of benzene rings is 1. The van der Waals surface area contributed by atoms with Gasteiger partial charge in [-0.2, -0.15) is 0 Å². The molecule has 0 radical (unpaired) electrons. The van der Waals surface area contributed by atoms with E-state index in [-0.39, 0.29) is 5.43 Å². The number of hydrogen-bond acceptors (Lipinski definition) is 2. The molecule has 0 unspecified atom stereocenters. The highest BCUT2D eigenvalue weighted by Crippen LogP contribution is 2.22. The summed E-state index contributed by atoms with van der Waals surface area (Å²) in [4.78, 5) is 11.6. The Labute approximate surface area is 90.8 Å². The van der Waals surface area contributed by atoms with E-state index in [1.807, 2.05) is 6.07 Å². The van der Waals surface area contributed by atoms with Crippen molar-refractivity contribution in [2.24, 2.45) is 0 Å². The zero-order valence-electron chi connectivity index (χ0n) is 6.38. The van der Waals surface area contributed by atoms with Gasteiger partial charge in [0.15, 0.2) is 5.58 Å². The van der Waals surface area contributed by atoms with Crippen LogP contribution in [0.2, 0.25) is 0 Å². The Morgan fingerprint density at radius 2 is 1.92 bits per heavy atom. The van der Waals surface area contributed by atoms with E-state index in [1.165, 1.54) is 6.26 Å². The van der Waals surface area contributed by atoms with E-state index in [4.69, 9.17) is 4.42 Å². The topological polar surface area (TPSA) is 30.2 Å². The standard InChI is InChI=1S/C9H4Br2O2/c10-6-3-1-2-5-8(12)7(11)4-13-9(5)6/h1-4H. The van der Waals surface area contributed by atoms with Crippen LogP contribution in [-0.2, 0) is 0 Å². The first-order chi connectivity index (χ1) is 6.20. The lowest BCUT2D eigenvalue weighted by atomic mass is 10.2. The van der Waals surface area contributed by atoms with Crippen LogP contribution in [0.1, 0.15) is 0 Å². The zero-order chi connectivity index (χ0) is 9.42. The largest absolute Gasteiger partial charge is 0.462 e. The lowest BCUT2D eigenvalue weighted by molar-refractivity contribution is 0.597. The molecular formula is C9H4Br2O2. The number of rotatable bonds is 0. The fourth-order valence-electron chi connectivity index (χ4n) is 1.10. The molecule has 13 heavy (non-hydrogen) atoms. The molecule has 0 aliphatic carbocycles. The van der Waals surface area contributed by atoms with E-state index in [0.717, 1.165) is 4.47 Å². The molecule has 4 heteroatoms. The molecule has 2 nitrogen and oxygen atoms in total. The van der Waals surface area contributed by atoms with Crippen LogP contribution in [0.15, 0.2) is 42.6 Å². The summed E-state index contributed by atoms with van der Waals surface area (Å²) in [5.74, 6) is 0. The summed E-state index contributed by atoms with van der Waals surface area (Å²) in [5.41, 5.74) is 0.526. The quantitative estimate of drug-likeness (QED) is 0.747. The summed E-state index contributed by atoms with van der Waals surface area (Å²) in [6.07, 6.45) is 1.40. The lowest BCUT2D eigenvalue weighted by Crippen LogP contribution is -2.01. The molecule has 0 aliphatic heterocycles. The second-order valence-electron chi connectivity index (χ2n) is 2.53. The van der Waals surface area contributed by atoms with Gasteiger partial charge in [0.1, 0.15) is 10.7 Å². The van der Waals surface area contributed by atoms with Gasteiger partial charge in [0.05, 0.1) is 9.86 Å². The van der Waals surface area contributed by atoms with Crippen molar-refractivity contribution in [3.63, 3.8) is 0 Å². The van der Waals surface area contributed by atoms with Crippen molar-refractivity contribution < 1.29 is 4.42 Å². The van der Waals surface area contributed by atoms with Gasteiger partial charge in [-0.05, 0) is 44.0 Å². The molecule has 0 N–H and O–H groups in total. The number of para-hydroxylation sites is 1. The molecule has 0 spiro atoms. The minimum absolute atomic E-state index is 0.0532. The third-order valence-corrected chi connectivity index (χ3v) is 2.88. The van der Waals surface area contributed by atoms with Crippen molar-refractivity contribution in [2.75, 3.05) is 0 Å². The Hall–Kier alpha value is -0.610. The van der Waals surface area contributed by atoms with Crippen molar-refractivity contribution in [2.45, 2.75) is 0 Å². The predicted octanol–water partition coefficient (Wildman–Crippen LogP) is 3.32. The highest BCUT2D eigenvalue weighted by Gasteiger charge is 2.06. The summed E-state index contributed by atoms with van der Waals surface area (Å²) in [7, 11) is 0. The first-order valence-corrected chi connectivity index (χ1v) is 5.14. The molecule has 0 bridgehead atoms. The molecule has 1 heterocycles. The third-order valence-electron chi connectivity index (χ3n) is 1.71. The molecule has 0 atom stereocenters. The maximum atomic E-state index is 11.6. The van der Waals surface area contributed by atoms with Crippen molar-refractivity contribution in [3.8, 4) is 0 Å². The second kappa shape index (κ2) is 3.27. The smallest absolute Gasteiger partial charge is 0.206 e. The van der Waals surface area contributed by atoms with E-state index in [9.17, 15) is 4.79 Å². The van der Waals surface area contributed by atoms with E-state index in [1.54, 1.807) is 12.1 Å². The van der Waals surface area contributed by atoms with Crippen LogP contribution in [0.3, 0.4) is 0 Å². The molecule has 1 aromatic heterocycles. The first kappa shape index (κ1) is 8.97. The zero-order valence-corrected chi connectivity index (χ0v) is 9.55. The van der Waals surface area contributed by atoms with E-state index < -0.39 is 0 Å². The molecular weight excluding hydrogens is 300 g/mol. The first-order valence-electron chi connectivity index (χ1n) is 3.55. The van der Waals surface area contributed by atoms with Crippen LogP contribution < -0.4 is 5.43 Å². The molecule has 0 fully saturated rings. The van der Waals surface area contributed by atoms with Gasteiger partial charge in [-0.25, -0.2) is 0 Å². The average Bonchev–Trinajstić information content (AvgIpc) is 2.12. The molecule has 0 saturated heterocycles. The summed E-state index contributed by atoms with van der Waals surface area (Å²) in [6, 6.07) is 5.37. The normalized spacial score (nSPS) is 10.6. The highest BCUT2D eigenvalue weighted by molar-refractivity contribution is 9.11. The Morgan fingerprint density at radius 1 is 1.15 bits per heavy atom. The van der Waals surface area contributed by atoms with E-state index >= 15 is 0 Å². The van der Waals surface area contributed by atoms with Crippen LogP contribution in [-0.4, -0.2) is 0 Å². The molecule has 0 amide bonds. The molecule has 2 aromatic rings. The van der Waals surface area contributed by atoms with Gasteiger partial charge in [0, 0.05) is 0 Å². The van der Waals surface area contributed by atoms with Crippen LogP contribution in [0.5, 0.6) is 0 Å². The summed E-state index contributed by atoms with van der Waals surface area (Å²) in [6.45, 7) is 0. The average molecular weight is 304 g/mol. The van der Waals surface area contributed by atoms with Gasteiger partial charge < -0.3 is 4.42 Å². The second-order valence-corrected chi connectivity index (χ2v) is 4.24. The molecule has 1 aromatic carbocycles.